The molecular formula is C14H14BrClN4O2. The van der Waals surface area contributed by atoms with Gasteiger partial charge in [0.05, 0.1) is 23.9 Å². The van der Waals surface area contributed by atoms with Gasteiger partial charge in [-0.05, 0) is 35.0 Å². The lowest BCUT2D eigenvalue weighted by Crippen LogP contribution is -2.38. The Morgan fingerprint density at radius 2 is 2.32 bits per heavy atom. The summed E-state index contributed by atoms with van der Waals surface area (Å²) in [6, 6.07) is 5.45. The molecule has 1 aromatic heterocycles. The van der Waals surface area contributed by atoms with Crippen molar-refractivity contribution in [3.8, 4) is 5.75 Å². The van der Waals surface area contributed by atoms with Gasteiger partial charge < -0.3 is 15.4 Å². The molecule has 1 atom stereocenters. The zero-order valence-corrected chi connectivity index (χ0v) is 14.3. The molecule has 3 rings (SSSR count). The van der Waals surface area contributed by atoms with Gasteiger partial charge in [-0.15, -0.1) is 0 Å². The molecule has 8 heteroatoms. The van der Waals surface area contributed by atoms with E-state index in [9.17, 15) is 4.79 Å². The molecule has 0 unspecified atom stereocenters. The van der Waals surface area contributed by atoms with Gasteiger partial charge in [0.15, 0.2) is 16.0 Å². The van der Waals surface area contributed by atoms with Crippen molar-refractivity contribution in [3.05, 3.63) is 33.5 Å². The molecule has 0 saturated heterocycles. The number of nitrogens with one attached hydrogen (secondary N) is 2. The molecular weight excluding hydrogens is 372 g/mol. The second kappa shape index (κ2) is 5.81. The number of hydrogen-bond acceptors (Lipinski definition) is 4. The van der Waals surface area contributed by atoms with E-state index in [1.807, 2.05) is 13.0 Å². The number of anilines is 2. The minimum atomic E-state index is -0.167. The summed E-state index contributed by atoms with van der Waals surface area (Å²) in [7, 11) is 1.55. The molecule has 6 nitrogen and oxygen atoms in total. The quantitative estimate of drug-likeness (QED) is 0.850. The van der Waals surface area contributed by atoms with E-state index in [4.69, 9.17) is 16.3 Å². The van der Waals surface area contributed by atoms with E-state index in [1.54, 1.807) is 23.9 Å². The minimum Gasteiger partial charge on any atom is -0.493 e. The standard InChI is InChI=1S/C14H14BrClN4O2/c1-7-6-17-14(21)11-10(13(15)19-20(7)11)18-9-5-3-4-8(16)12(9)22-2/h3-5,7,18H,6H2,1-2H3,(H,17,21)/t7-/m0/s1. The third-order valence-electron chi connectivity index (χ3n) is 3.49. The van der Waals surface area contributed by atoms with E-state index in [0.29, 0.717) is 39.0 Å². The molecule has 116 valence electrons. The van der Waals surface area contributed by atoms with E-state index in [2.05, 4.69) is 31.7 Å². The fourth-order valence-electron chi connectivity index (χ4n) is 2.41. The molecule has 22 heavy (non-hydrogen) atoms. The van der Waals surface area contributed by atoms with Crippen molar-refractivity contribution in [1.29, 1.82) is 0 Å². The van der Waals surface area contributed by atoms with Crippen molar-refractivity contribution in [2.45, 2.75) is 13.0 Å². The van der Waals surface area contributed by atoms with E-state index in [-0.39, 0.29) is 11.9 Å². The lowest BCUT2D eigenvalue weighted by Gasteiger charge is -2.22. The summed E-state index contributed by atoms with van der Waals surface area (Å²) in [6.45, 7) is 2.55. The van der Waals surface area contributed by atoms with Crippen LogP contribution in [0.3, 0.4) is 0 Å². The molecule has 0 radical (unpaired) electrons. The predicted molar refractivity (Wildman–Crippen MR) is 88.3 cm³/mol. The lowest BCUT2D eigenvalue weighted by molar-refractivity contribution is 0.0913. The Balaban J connectivity index is 2.08. The maximum absolute atomic E-state index is 12.2. The number of fused-ring (bicyclic) bond motifs is 1. The maximum Gasteiger partial charge on any atom is 0.271 e. The highest BCUT2D eigenvalue weighted by molar-refractivity contribution is 9.10. The summed E-state index contributed by atoms with van der Waals surface area (Å²) in [5, 5.41) is 10.9. The number of hydrogen-bond donors (Lipinski definition) is 2. The number of carbonyl (C=O) groups is 1. The van der Waals surface area contributed by atoms with Gasteiger partial charge in [0, 0.05) is 6.54 Å². The summed E-state index contributed by atoms with van der Waals surface area (Å²) >= 11 is 9.53. The lowest BCUT2D eigenvalue weighted by atomic mass is 10.2. The molecule has 1 aliphatic heterocycles. The number of aromatic nitrogens is 2. The summed E-state index contributed by atoms with van der Waals surface area (Å²) in [4.78, 5) is 12.2. The first kappa shape index (κ1) is 15.2. The number of carbonyl (C=O) groups excluding carboxylic acids is 1. The van der Waals surface area contributed by atoms with Crippen LogP contribution in [0.5, 0.6) is 5.75 Å². The van der Waals surface area contributed by atoms with Crippen LogP contribution in [0.15, 0.2) is 22.8 Å². The Bertz CT molecular complexity index is 747. The van der Waals surface area contributed by atoms with Crippen molar-refractivity contribution in [1.82, 2.24) is 15.1 Å². The van der Waals surface area contributed by atoms with Crippen LogP contribution in [-0.2, 0) is 0 Å². The summed E-state index contributed by atoms with van der Waals surface area (Å²) < 4.78 is 7.59. The number of methoxy groups -OCH3 is 1. The van der Waals surface area contributed by atoms with Crippen LogP contribution in [0, 0.1) is 0 Å². The summed E-state index contributed by atoms with van der Waals surface area (Å²) in [5.41, 5.74) is 1.73. The van der Waals surface area contributed by atoms with Gasteiger partial charge in [-0.2, -0.15) is 5.10 Å². The van der Waals surface area contributed by atoms with Crippen LogP contribution in [0.4, 0.5) is 11.4 Å². The first-order chi connectivity index (χ1) is 10.5. The molecule has 1 amide bonds. The van der Waals surface area contributed by atoms with E-state index >= 15 is 0 Å². The molecule has 0 fully saturated rings. The molecule has 0 bridgehead atoms. The zero-order chi connectivity index (χ0) is 15.9. The molecule has 0 saturated carbocycles. The second-order valence-corrected chi connectivity index (χ2v) is 6.12. The predicted octanol–water partition coefficient (Wildman–Crippen LogP) is 3.36. The van der Waals surface area contributed by atoms with Gasteiger partial charge in [0.1, 0.15) is 5.69 Å². The highest BCUT2D eigenvalue weighted by atomic mass is 79.9. The highest BCUT2D eigenvalue weighted by Crippen LogP contribution is 2.38. The van der Waals surface area contributed by atoms with E-state index < -0.39 is 0 Å². The van der Waals surface area contributed by atoms with Gasteiger partial charge in [0.25, 0.3) is 5.91 Å². The summed E-state index contributed by atoms with van der Waals surface area (Å²) in [5.74, 6) is 0.347. The molecule has 0 spiro atoms. The fraction of sp³-hybridized carbons (Fsp3) is 0.286. The Morgan fingerprint density at radius 1 is 1.55 bits per heavy atom. The van der Waals surface area contributed by atoms with E-state index in [1.165, 1.54) is 0 Å². The number of rotatable bonds is 3. The third kappa shape index (κ3) is 2.44. The highest BCUT2D eigenvalue weighted by Gasteiger charge is 2.29. The number of halogens is 2. The average Bonchev–Trinajstić information content (AvgIpc) is 2.82. The summed E-state index contributed by atoms with van der Waals surface area (Å²) in [6.07, 6.45) is 0. The van der Waals surface area contributed by atoms with E-state index in [0.717, 1.165) is 0 Å². The monoisotopic (exact) mass is 384 g/mol. The Kier molecular flexibility index (Phi) is 4.01. The van der Waals surface area contributed by atoms with Crippen molar-refractivity contribution >= 4 is 44.8 Å². The molecule has 2 N–H and O–H groups in total. The Hall–Kier alpha value is -1.73. The molecule has 0 aliphatic carbocycles. The smallest absolute Gasteiger partial charge is 0.271 e. The number of amides is 1. The number of ether oxygens (including phenoxy) is 1. The van der Waals surface area contributed by atoms with Gasteiger partial charge in [-0.25, -0.2) is 0 Å². The number of benzene rings is 1. The SMILES string of the molecule is COc1c(Cl)cccc1Nc1c(Br)nn2c1C(=O)NC[C@@H]2C. The fourth-order valence-corrected chi connectivity index (χ4v) is 3.12. The van der Waals surface area contributed by atoms with Crippen molar-refractivity contribution in [2.24, 2.45) is 0 Å². The van der Waals surface area contributed by atoms with Crippen LogP contribution in [0.1, 0.15) is 23.5 Å². The topological polar surface area (TPSA) is 68.2 Å². The second-order valence-electron chi connectivity index (χ2n) is 4.96. The Morgan fingerprint density at radius 3 is 3.05 bits per heavy atom. The van der Waals surface area contributed by atoms with Crippen LogP contribution >= 0.6 is 27.5 Å². The van der Waals surface area contributed by atoms with Crippen LogP contribution in [-0.4, -0.2) is 29.3 Å². The van der Waals surface area contributed by atoms with Gasteiger partial charge in [-0.3, -0.25) is 9.48 Å². The van der Waals surface area contributed by atoms with Crippen molar-refractivity contribution in [2.75, 3.05) is 19.0 Å². The van der Waals surface area contributed by atoms with Crippen molar-refractivity contribution in [3.63, 3.8) is 0 Å². The third-order valence-corrected chi connectivity index (χ3v) is 4.34. The normalized spacial score (nSPS) is 16.9. The first-order valence-electron chi connectivity index (χ1n) is 6.68. The van der Waals surface area contributed by atoms with Crippen LogP contribution in [0.2, 0.25) is 5.02 Å². The Labute approximate surface area is 140 Å². The van der Waals surface area contributed by atoms with Crippen LogP contribution in [0.25, 0.3) is 0 Å². The van der Waals surface area contributed by atoms with Crippen molar-refractivity contribution < 1.29 is 9.53 Å². The van der Waals surface area contributed by atoms with Gasteiger partial charge >= 0.3 is 0 Å². The average molecular weight is 386 g/mol. The molecule has 2 heterocycles. The molecule has 1 aromatic carbocycles. The molecule has 1 aliphatic rings. The zero-order valence-electron chi connectivity index (χ0n) is 12.0. The number of para-hydroxylation sites is 1. The maximum atomic E-state index is 12.2. The van der Waals surface area contributed by atoms with Gasteiger partial charge in [0.2, 0.25) is 0 Å². The minimum absolute atomic E-state index is 0.0841. The largest absolute Gasteiger partial charge is 0.493 e. The van der Waals surface area contributed by atoms with Crippen LogP contribution < -0.4 is 15.4 Å². The first-order valence-corrected chi connectivity index (χ1v) is 7.85. The number of nitrogens with zero attached hydrogens (tertiary/aromatic N) is 2. The van der Waals surface area contributed by atoms with Gasteiger partial charge in [-0.1, -0.05) is 17.7 Å². The molecule has 2 aromatic rings.